The summed E-state index contributed by atoms with van der Waals surface area (Å²) in [5.74, 6) is 1.26. The third-order valence-electron chi connectivity index (χ3n) is 2.39. The van der Waals surface area contributed by atoms with Crippen molar-refractivity contribution in [2.24, 2.45) is 0 Å². The molecule has 0 aliphatic rings. The summed E-state index contributed by atoms with van der Waals surface area (Å²) in [6, 6.07) is 8.20. The Bertz CT molecular complexity index is 465. The maximum absolute atomic E-state index is 5.11. The van der Waals surface area contributed by atoms with E-state index in [9.17, 15) is 0 Å². The second kappa shape index (κ2) is 4.90. The Labute approximate surface area is 94.7 Å². The van der Waals surface area contributed by atoms with Crippen LogP contribution in [0.3, 0.4) is 0 Å². The van der Waals surface area contributed by atoms with Crippen LogP contribution in [-0.2, 0) is 13.0 Å². The molecule has 0 atom stereocenters. The van der Waals surface area contributed by atoms with E-state index in [4.69, 9.17) is 4.52 Å². The van der Waals surface area contributed by atoms with Crippen LogP contribution in [0.4, 0.5) is 0 Å². The normalized spacial score (nSPS) is 10.6. The summed E-state index contributed by atoms with van der Waals surface area (Å²) in [7, 11) is 1.85. The summed E-state index contributed by atoms with van der Waals surface area (Å²) in [4.78, 5) is 4.31. The molecule has 0 amide bonds. The lowest BCUT2D eigenvalue weighted by atomic mass is 10.1. The van der Waals surface area contributed by atoms with Crippen LogP contribution in [0.15, 0.2) is 28.8 Å². The van der Waals surface area contributed by atoms with Gasteiger partial charge >= 0.3 is 0 Å². The van der Waals surface area contributed by atoms with Crippen molar-refractivity contribution in [3.05, 3.63) is 35.7 Å². The van der Waals surface area contributed by atoms with Gasteiger partial charge in [0, 0.05) is 5.56 Å². The molecule has 1 N–H and O–H groups in total. The van der Waals surface area contributed by atoms with Crippen molar-refractivity contribution in [2.75, 3.05) is 7.05 Å². The van der Waals surface area contributed by atoms with E-state index < -0.39 is 0 Å². The molecule has 0 bridgehead atoms. The van der Waals surface area contributed by atoms with Gasteiger partial charge in [-0.15, -0.1) is 0 Å². The predicted molar refractivity (Wildman–Crippen MR) is 61.9 cm³/mol. The topological polar surface area (TPSA) is 51.0 Å². The monoisotopic (exact) mass is 217 g/mol. The summed E-state index contributed by atoms with van der Waals surface area (Å²) >= 11 is 0. The molecule has 1 aromatic heterocycles. The van der Waals surface area contributed by atoms with Crippen LogP contribution in [0.1, 0.15) is 18.4 Å². The average molecular weight is 217 g/mol. The van der Waals surface area contributed by atoms with E-state index in [-0.39, 0.29) is 0 Å². The van der Waals surface area contributed by atoms with E-state index in [1.807, 2.05) is 19.2 Å². The highest BCUT2D eigenvalue weighted by Gasteiger charge is 2.07. The maximum atomic E-state index is 5.11. The van der Waals surface area contributed by atoms with Gasteiger partial charge in [0.25, 0.3) is 0 Å². The highest BCUT2D eigenvalue weighted by molar-refractivity contribution is 5.55. The molecule has 2 aromatic rings. The van der Waals surface area contributed by atoms with Gasteiger partial charge in [0.1, 0.15) is 0 Å². The number of benzene rings is 1. The van der Waals surface area contributed by atoms with Gasteiger partial charge in [-0.3, -0.25) is 0 Å². The van der Waals surface area contributed by atoms with Crippen LogP contribution >= 0.6 is 0 Å². The zero-order valence-corrected chi connectivity index (χ0v) is 9.53. The maximum Gasteiger partial charge on any atom is 0.240 e. The SMILES string of the molecule is CCc1cccc(-c2noc(CNC)n2)c1. The summed E-state index contributed by atoms with van der Waals surface area (Å²) in [5, 5.41) is 6.93. The van der Waals surface area contributed by atoms with Crippen molar-refractivity contribution in [3.63, 3.8) is 0 Å². The molecule has 0 aliphatic carbocycles. The first-order chi connectivity index (χ1) is 7.83. The molecule has 2 rings (SSSR count). The Morgan fingerprint density at radius 3 is 3.00 bits per heavy atom. The molecule has 0 saturated carbocycles. The lowest BCUT2D eigenvalue weighted by molar-refractivity contribution is 0.372. The van der Waals surface area contributed by atoms with Crippen molar-refractivity contribution < 1.29 is 4.52 Å². The number of hydrogen-bond donors (Lipinski definition) is 1. The summed E-state index contributed by atoms with van der Waals surface area (Å²) in [6.07, 6.45) is 1.01. The number of rotatable bonds is 4. The third-order valence-corrected chi connectivity index (χ3v) is 2.39. The van der Waals surface area contributed by atoms with Gasteiger partial charge in [0.05, 0.1) is 6.54 Å². The average Bonchev–Trinajstić information content (AvgIpc) is 2.78. The molecular weight excluding hydrogens is 202 g/mol. The Morgan fingerprint density at radius 1 is 1.38 bits per heavy atom. The highest BCUT2D eigenvalue weighted by Crippen LogP contribution is 2.17. The molecule has 84 valence electrons. The first kappa shape index (κ1) is 10.8. The Kier molecular flexibility index (Phi) is 3.31. The summed E-state index contributed by atoms with van der Waals surface area (Å²) in [5.41, 5.74) is 2.28. The van der Waals surface area contributed by atoms with Crippen molar-refractivity contribution in [3.8, 4) is 11.4 Å². The van der Waals surface area contributed by atoms with E-state index in [0.29, 0.717) is 18.3 Å². The molecule has 0 spiro atoms. The fraction of sp³-hybridized carbons (Fsp3) is 0.333. The van der Waals surface area contributed by atoms with Gasteiger partial charge in [-0.2, -0.15) is 4.98 Å². The minimum absolute atomic E-state index is 0.598. The van der Waals surface area contributed by atoms with Crippen molar-refractivity contribution >= 4 is 0 Å². The van der Waals surface area contributed by atoms with Crippen LogP contribution in [0.5, 0.6) is 0 Å². The van der Waals surface area contributed by atoms with Crippen molar-refractivity contribution in [1.82, 2.24) is 15.5 Å². The first-order valence-corrected chi connectivity index (χ1v) is 5.40. The first-order valence-electron chi connectivity index (χ1n) is 5.40. The molecular formula is C12H15N3O. The van der Waals surface area contributed by atoms with Crippen LogP contribution in [0, 0.1) is 0 Å². The molecule has 4 heteroatoms. The van der Waals surface area contributed by atoms with E-state index in [1.54, 1.807) is 0 Å². The summed E-state index contributed by atoms with van der Waals surface area (Å²) < 4.78 is 5.11. The van der Waals surface area contributed by atoms with Crippen molar-refractivity contribution in [1.29, 1.82) is 0 Å². The molecule has 0 radical (unpaired) electrons. The lowest BCUT2D eigenvalue weighted by Gasteiger charge is -1.98. The largest absolute Gasteiger partial charge is 0.338 e. The van der Waals surface area contributed by atoms with Crippen LogP contribution in [0.25, 0.3) is 11.4 Å². The third kappa shape index (κ3) is 2.28. The van der Waals surface area contributed by atoms with Gasteiger partial charge in [-0.05, 0) is 25.1 Å². The fourth-order valence-electron chi connectivity index (χ4n) is 1.53. The number of aromatic nitrogens is 2. The van der Waals surface area contributed by atoms with Crippen molar-refractivity contribution in [2.45, 2.75) is 19.9 Å². The number of aryl methyl sites for hydroxylation is 1. The number of nitrogens with one attached hydrogen (secondary N) is 1. The van der Waals surface area contributed by atoms with E-state index in [1.165, 1.54) is 5.56 Å². The molecule has 4 nitrogen and oxygen atoms in total. The second-order valence-electron chi connectivity index (χ2n) is 3.60. The molecule has 1 heterocycles. The predicted octanol–water partition coefficient (Wildman–Crippen LogP) is 2.02. The highest BCUT2D eigenvalue weighted by atomic mass is 16.5. The fourth-order valence-corrected chi connectivity index (χ4v) is 1.53. The molecule has 0 saturated heterocycles. The van der Waals surface area contributed by atoms with Crippen LogP contribution in [-0.4, -0.2) is 17.2 Å². The summed E-state index contributed by atoms with van der Waals surface area (Å²) in [6.45, 7) is 2.72. The minimum Gasteiger partial charge on any atom is -0.338 e. The van der Waals surface area contributed by atoms with Gasteiger partial charge in [-0.25, -0.2) is 0 Å². The molecule has 1 aromatic carbocycles. The van der Waals surface area contributed by atoms with E-state index in [2.05, 4.69) is 34.5 Å². The molecule has 0 fully saturated rings. The lowest BCUT2D eigenvalue weighted by Crippen LogP contribution is -2.04. The smallest absolute Gasteiger partial charge is 0.240 e. The Morgan fingerprint density at radius 2 is 2.25 bits per heavy atom. The molecule has 16 heavy (non-hydrogen) atoms. The second-order valence-corrected chi connectivity index (χ2v) is 3.60. The standard InChI is InChI=1S/C12H15N3O/c1-3-9-5-4-6-10(7-9)12-14-11(8-13-2)16-15-12/h4-7,13H,3,8H2,1-2H3. The van der Waals surface area contributed by atoms with Gasteiger partial charge in [0.2, 0.25) is 11.7 Å². The van der Waals surface area contributed by atoms with Gasteiger partial charge in [-0.1, -0.05) is 30.3 Å². The van der Waals surface area contributed by atoms with E-state index in [0.717, 1.165) is 12.0 Å². The zero-order chi connectivity index (χ0) is 11.4. The molecule has 0 unspecified atom stereocenters. The quantitative estimate of drug-likeness (QED) is 0.851. The van der Waals surface area contributed by atoms with Crippen LogP contribution in [0.2, 0.25) is 0 Å². The van der Waals surface area contributed by atoms with Gasteiger partial charge < -0.3 is 9.84 Å². The number of nitrogens with zero attached hydrogens (tertiary/aromatic N) is 2. The number of hydrogen-bond acceptors (Lipinski definition) is 4. The van der Waals surface area contributed by atoms with E-state index >= 15 is 0 Å². The zero-order valence-electron chi connectivity index (χ0n) is 9.53. The minimum atomic E-state index is 0.598. The van der Waals surface area contributed by atoms with Crippen LogP contribution < -0.4 is 5.32 Å². The Hall–Kier alpha value is -1.68. The van der Waals surface area contributed by atoms with Gasteiger partial charge in [0.15, 0.2) is 0 Å². The molecule has 0 aliphatic heterocycles. The Balaban J connectivity index is 2.27.